The summed E-state index contributed by atoms with van der Waals surface area (Å²) in [6.07, 6.45) is 7.66. The van der Waals surface area contributed by atoms with E-state index in [4.69, 9.17) is 9.15 Å². The number of nitrogens with zero attached hydrogens (tertiary/aromatic N) is 4. The Balaban J connectivity index is 1.90. The van der Waals surface area contributed by atoms with E-state index in [0.29, 0.717) is 35.8 Å². The Morgan fingerprint density at radius 3 is 2.65 bits per heavy atom. The average molecular weight is 352 g/mol. The molecule has 0 spiro atoms. The fraction of sp³-hybridized carbons (Fsp3) is 0.400. The van der Waals surface area contributed by atoms with Crippen molar-refractivity contribution in [1.29, 1.82) is 0 Å². The maximum Gasteiger partial charge on any atom is 0.181 e. The minimum Gasteiger partial charge on any atom is -0.491 e. The van der Waals surface area contributed by atoms with E-state index in [0.717, 1.165) is 23.4 Å². The predicted molar refractivity (Wildman–Crippen MR) is 99.6 cm³/mol. The minimum atomic E-state index is 0.460. The minimum absolute atomic E-state index is 0.460. The Hall–Kier alpha value is -2.76. The van der Waals surface area contributed by atoms with Crippen molar-refractivity contribution in [3.8, 4) is 28.5 Å². The van der Waals surface area contributed by atoms with Gasteiger partial charge in [-0.2, -0.15) is 0 Å². The molecule has 0 aliphatic carbocycles. The summed E-state index contributed by atoms with van der Waals surface area (Å²) in [6.45, 7) is 9.12. The van der Waals surface area contributed by atoms with Crippen LogP contribution in [0.25, 0.3) is 22.7 Å². The lowest BCUT2D eigenvalue weighted by Gasteiger charge is -2.16. The largest absolute Gasteiger partial charge is 0.491 e. The first-order valence-corrected chi connectivity index (χ1v) is 8.84. The number of rotatable bonds is 7. The van der Waals surface area contributed by atoms with E-state index in [1.165, 1.54) is 6.39 Å². The van der Waals surface area contributed by atoms with Crippen molar-refractivity contribution in [2.45, 2.75) is 34.1 Å². The lowest BCUT2D eigenvalue weighted by Crippen LogP contribution is -2.11. The molecule has 3 aromatic heterocycles. The van der Waals surface area contributed by atoms with Crippen LogP contribution in [-0.4, -0.2) is 26.5 Å². The summed E-state index contributed by atoms with van der Waals surface area (Å²) >= 11 is 0. The molecule has 0 radical (unpaired) electrons. The molecule has 0 aromatic carbocycles. The summed E-state index contributed by atoms with van der Waals surface area (Å²) in [5.74, 6) is 3.14. The number of aryl methyl sites for hydroxylation is 1. The van der Waals surface area contributed by atoms with Crippen LogP contribution in [0.5, 0.6) is 5.75 Å². The third-order valence-electron chi connectivity index (χ3n) is 4.00. The van der Waals surface area contributed by atoms with Gasteiger partial charge in [-0.25, -0.2) is 15.0 Å². The van der Waals surface area contributed by atoms with Crippen molar-refractivity contribution >= 4 is 0 Å². The summed E-state index contributed by atoms with van der Waals surface area (Å²) in [5.41, 5.74) is 2.32. The third-order valence-corrected chi connectivity index (χ3v) is 4.00. The van der Waals surface area contributed by atoms with Crippen LogP contribution in [0.3, 0.4) is 0 Å². The number of hydrogen-bond acceptors (Lipinski definition) is 6. The third kappa shape index (κ3) is 4.45. The molecule has 0 amide bonds. The monoisotopic (exact) mass is 352 g/mol. The fourth-order valence-corrected chi connectivity index (χ4v) is 2.94. The summed E-state index contributed by atoms with van der Waals surface area (Å²) < 4.78 is 11.5. The van der Waals surface area contributed by atoms with Gasteiger partial charge in [-0.05, 0) is 37.3 Å². The summed E-state index contributed by atoms with van der Waals surface area (Å²) in [5, 5.41) is 0. The molecule has 0 saturated heterocycles. The van der Waals surface area contributed by atoms with E-state index in [2.05, 4.69) is 40.7 Å². The first kappa shape index (κ1) is 18.0. The van der Waals surface area contributed by atoms with Gasteiger partial charge in [-0.3, -0.25) is 4.98 Å². The van der Waals surface area contributed by atoms with Gasteiger partial charge in [0, 0.05) is 6.20 Å². The molecule has 0 unspecified atom stereocenters. The lowest BCUT2D eigenvalue weighted by molar-refractivity contribution is 0.239. The van der Waals surface area contributed by atoms with Gasteiger partial charge in [0.25, 0.3) is 0 Å². The molecule has 0 fully saturated rings. The zero-order valence-corrected chi connectivity index (χ0v) is 15.6. The Morgan fingerprint density at radius 1 is 1.12 bits per heavy atom. The highest BCUT2D eigenvalue weighted by Crippen LogP contribution is 2.32. The van der Waals surface area contributed by atoms with Crippen molar-refractivity contribution in [3.05, 3.63) is 42.9 Å². The van der Waals surface area contributed by atoms with Crippen LogP contribution in [0, 0.1) is 18.8 Å². The van der Waals surface area contributed by atoms with E-state index >= 15 is 0 Å². The van der Waals surface area contributed by atoms with Crippen LogP contribution in [0.1, 0.15) is 33.0 Å². The van der Waals surface area contributed by atoms with Crippen LogP contribution < -0.4 is 4.74 Å². The highest BCUT2D eigenvalue weighted by Gasteiger charge is 2.15. The molecule has 6 heteroatoms. The Kier molecular flexibility index (Phi) is 5.61. The lowest BCUT2D eigenvalue weighted by atomic mass is 10.00. The molecule has 1 atom stereocenters. The highest BCUT2D eigenvalue weighted by atomic mass is 16.5. The second-order valence-electron chi connectivity index (χ2n) is 6.97. The molecule has 0 N–H and O–H groups in total. The molecule has 6 nitrogen and oxygen atoms in total. The predicted octanol–water partition coefficient (Wildman–Crippen LogP) is 4.56. The first-order chi connectivity index (χ1) is 12.5. The Morgan fingerprint density at radius 2 is 1.96 bits per heavy atom. The van der Waals surface area contributed by atoms with E-state index in [9.17, 15) is 0 Å². The van der Waals surface area contributed by atoms with Crippen LogP contribution in [-0.2, 0) is 0 Å². The van der Waals surface area contributed by atoms with Gasteiger partial charge in [-0.1, -0.05) is 20.8 Å². The fourth-order valence-electron chi connectivity index (χ4n) is 2.94. The SMILES string of the molecule is Cc1nccc(-c2cc(-c3cnco3)c(OC[C@H](C)CC(C)C)cn2)n1. The van der Waals surface area contributed by atoms with E-state index in [1.54, 1.807) is 18.6 Å². The molecule has 136 valence electrons. The van der Waals surface area contributed by atoms with Crippen molar-refractivity contribution in [2.75, 3.05) is 6.61 Å². The zero-order chi connectivity index (χ0) is 18.5. The van der Waals surface area contributed by atoms with Crippen molar-refractivity contribution in [3.63, 3.8) is 0 Å². The number of hydrogen-bond donors (Lipinski definition) is 0. The topological polar surface area (TPSA) is 73.9 Å². The van der Waals surface area contributed by atoms with E-state index in [1.807, 2.05) is 19.1 Å². The van der Waals surface area contributed by atoms with E-state index in [-0.39, 0.29) is 0 Å². The normalized spacial score (nSPS) is 12.3. The van der Waals surface area contributed by atoms with Gasteiger partial charge in [0.1, 0.15) is 11.6 Å². The molecule has 3 rings (SSSR count). The molecule has 3 aromatic rings. The quantitative estimate of drug-likeness (QED) is 0.620. The van der Waals surface area contributed by atoms with Crippen molar-refractivity contribution < 1.29 is 9.15 Å². The van der Waals surface area contributed by atoms with Gasteiger partial charge in [0.2, 0.25) is 0 Å². The Bertz CT molecular complexity index is 847. The molecule has 0 bridgehead atoms. The number of ether oxygens (including phenoxy) is 1. The molecule has 26 heavy (non-hydrogen) atoms. The molecule has 0 aliphatic rings. The molecule has 0 aliphatic heterocycles. The van der Waals surface area contributed by atoms with E-state index < -0.39 is 0 Å². The van der Waals surface area contributed by atoms with Crippen LogP contribution in [0.2, 0.25) is 0 Å². The summed E-state index contributed by atoms with van der Waals surface area (Å²) in [4.78, 5) is 17.1. The van der Waals surface area contributed by atoms with Gasteiger partial charge < -0.3 is 9.15 Å². The van der Waals surface area contributed by atoms with Crippen molar-refractivity contribution in [1.82, 2.24) is 19.9 Å². The van der Waals surface area contributed by atoms with Gasteiger partial charge in [-0.15, -0.1) is 0 Å². The highest BCUT2D eigenvalue weighted by molar-refractivity contribution is 5.70. The Labute approximate surface area is 153 Å². The van der Waals surface area contributed by atoms with Gasteiger partial charge in [0.05, 0.1) is 36.0 Å². The molecular weight excluding hydrogens is 328 g/mol. The number of pyridine rings is 1. The maximum absolute atomic E-state index is 6.06. The van der Waals surface area contributed by atoms with Crippen LogP contribution in [0.4, 0.5) is 0 Å². The van der Waals surface area contributed by atoms with Crippen LogP contribution >= 0.6 is 0 Å². The maximum atomic E-state index is 6.06. The standard InChI is InChI=1S/C20H24N4O2/c1-13(2)7-14(3)11-25-20-10-23-18(17-5-6-22-15(4)24-17)8-16(20)19-9-21-12-26-19/h5-6,8-10,12-14H,7,11H2,1-4H3/t14-/m1/s1. The second-order valence-corrected chi connectivity index (χ2v) is 6.97. The van der Waals surface area contributed by atoms with Gasteiger partial charge in [0.15, 0.2) is 12.2 Å². The summed E-state index contributed by atoms with van der Waals surface area (Å²) in [7, 11) is 0. The van der Waals surface area contributed by atoms with Gasteiger partial charge >= 0.3 is 0 Å². The smallest absolute Gasteiger partial charge is 0.181 e. The average Bonchev–Trinajstić information content (AvgIpc) is 3.14. The van der Waals surface area contributed by atoms with Crippen LogP contribution in [0.15, 0.2) is 41.5 Å². The first-order valence-electron chi connectivity index (χ1n) is 8.84. The molecule has 0 saturated carbocycles. The van der Waals surface area contributed by atoms with Crippen molar-refractivity contribution in [2.24, 2.45) is 11.8 Å². The second kappa shape index (κ2) is 8.08. The summed E-state index contributed by atoms with van der Waals surface area (Å²) in [6, 6.07) is 3.76. The number of aromatic nitrogens is 4. The molecule has 3 heterocycles. The zero-order valence-electron chi connectivity index (χ0n) is 15.6. The molecular formula is C20H24N4O2. The number of oxazole rings is 1.